The van der Waals surface area contributed by atoms with Crippen molar-refractivity contribution in [3.63, 3.8) is 0 Å². The second kappa shape index (κ2) is 6.33. The molecule has 0 spiro atoms. The summed E-state index contributed by atoms with van der Waals surface area (Å²) in [7, 11) is 0. The summed E-state index contributed by atoms with van der Waals surface area (Å²) in [6.07, 6.45) is 3.20. The maximum atomic E-state index is 12.2. The maximum absolute atomic E-state index is 12.2. The highest BCUT2D eigenvalue weighted by Gasteiger charge is 2.54. The minimum atomic E-state index is -0.757. The van der Waals surface area contributed by atoms with Gasteiger partial charge in [0.25, 0.3) is 0 Å². The SMILES string of the molecule is CC(C)(C)OC(=O)NCC1(NC(=O)[C@H]2C[C@@H]2[N+](=O)[O-])CCCC1. The number of carbonyl (C=O) groups is 2. The Kier molecular flexibility index (Phi) is 4.81. The zero-order valence-corrected chi connectivity index (χ0v) is 13.9. The molecule has 0 aromatic heterocycles. The van der Waals surface area contributed by atoms with Crippen LogP contribution in [0, 0.1) is 16.0 Å². The second-order valence-electron chi connectivity index (χ2n) is 7.53. The van der Waals surface area contributed by atoms with Gasteiger partial charge in [-0.1, -0.05) is 12.8 Å². The third-order valence-corrected chi connectivity index (χ3v) is 4.28. The summed E-state index contributed by atoms with van der Waals surface area (Å²) in [5.41, 5.74) is -1.10. The topological polar surface area (TPSA) is 111 Å². The van der Waals surface area contributed by atoms with Crippen LogP contribution in [-0.4, -0.2) is 40.7 Å². The van der Waals surface area contributed by atoms with E-state index < -0.39 is 34.1 Å². The monoisotopic (exact) mass is 327 g/mol. The van der Waals surface area contributed by atoms with Crippen molar-refractivity contribution in [2.24, 2.45) is 5.92 Å². The third kappa shape index (κ3) is 4.80. The molecule has 0 bridgehead atoms. The molecule has 2 aliphatic rings. The number of nitrogens with zero attached hydrogens (tertiary/aromatic N) is 1. The summed E-state index contributed by atoms with van der Waals surface area (Å²) in [5, 5.41) is 16.3. The average molecular weight is 327 g/mol. The summed E-state index contributed by atoms with van der Waals surface area (Å²) in [5.74, 6) is -0.816. The maximum Gasteiger partial charge on any atom is 0.407 e. The molecular formula is C15H25N3O5. The second-order valence-corrected chi connectivity index (χ2v) is 7.53. The molecule has 2 atom stereocenters. The van der Waals surface area contributed by atoms with Crippen LogP contribution in [0.4, 0.5) is 4.79 Å². The number of alkyl carbamates (subject to hydrolysis) is 1. The van der Waals surface area contributed by atoms with Crippen LogP contribution in [0.2, 0.25) is 0 Å². The van der Waals surface area contributed by atoms with E-state index in [9.17, 15) is 19.7 Å². The van der Waals surface area contributed by atoms with Crippen LogP contribution in [0.1, 0.15) is 52.9 Å². The summed E-state index contributed by atoms with van der Waals surface area (Å²) < 4.78 is 5.20. The van der Waals surface area contributed by atoms with Gasteiger partial charge in [-0.05, 0) is 33.6 Å². The van der Waals surface area contributed by atoms with E-state index in [1.165, 1.54) is 0 Å². The Morgan fingerprint density at radius 3 is 2.39 bits per heavy atom. The molecule has 2 fully saturated rings. The van der Waals surface area contributed by atoms with Crippen LogP contribution in [0.15, 0.2) is 0 Å². The highest BCUT2D eigenvalue weighted by molar-refractivity contribution is 5.83. The number of nitrogens with one attached hydrogen (secondary N) is 2. The van der Waals surface area contributed by atoms with E-state index in [0.29, 0.717) is 6.42 Å². The average Bonchev–Trinajstić information content (AvgIpc) is 3.10. The van der Waals surface area contributed by atoms with Crippen molar-refractivity contribution in [2.45, 2.75) is 70.1 Å². The van der Waals surface area contributed by atoms with Gasteiger partial charge in [0.05, 0.1) is 5.54 Å². The fourth-order valence-corrected chi connectivity index (χ4v) is 3.00. The molecule has 2 aliphatic carbocycles. The fourth-order valence-electron chi connectivity index (χ4n) is 3.00. The highest BCUT2D eigenvalue weighted by atomic mass is 16.6. The molecule has 0 aromatic carbocycles. The number of nitro groups is 1. The molecule has 0 saturated heterocycles. The number of amides is 2. The van der Waals surface area contributed by atoms with E-state index in [2.05, 4.69) is 10.6 Å². The molecule has 0 aromatic rings. The minimum Gasteiger partial charge on any atom is -0.444 e. The van der Waals surface area contributed by atoms with Gasteiger partial charge in [-0.15, -0.1) is 0 Å². The summed E-state index contributed by atoms with van der Waals surface area (Å²) in [4.78, 5) is 34.3. The number of carbonyl (C=O) groups excluding carboxylic acids is 2. The van der Waals surface area contributed by atoms with Gasteiger partial charge in [0.1, 0.15) is 11.5 Å². The molecule has 0 heterocycles. The normalized spacial score (nSPS) is 25.5. The van der Waals surface area contributed by atoms with Crippen molar-refractivity contribution in [2.75, 3.05) is 6.54 Å². The van der Waals surface area contributed by atoms with Gasteiger partial charge >= 0.3 is 6.09 Å². The molecule has 2 saturated carbocycles. The molecule has 8 nitrogen and oxygen atoms in total. The lowest BCUT2D eigenvalue weighted by Gasteiger charge is -2.31. The summed E-state index contributed by atoms with van der Waals surface area (Å²) in [6.45, 7) is 5.63. The lowest BCUT2D eigenvalue weighted by Crippen LogP contribution is -2.55. The van der Waals surface area contributed by atoms with Crippen molar-refractivity contribution < 1.29 is 19.2 Å². The standard InChI is InChI=1S/C15H25N3O5/c1-14(2,3)23-13(20)16-9-15(6-4-5-7-15)17-12(19)10-8-11(10)18(21)22/h10-11H,4-9H2,1-3H3,(H,16,20)(H,17,19)/t10-,11-/m0/s1. The first-order chi connectivity index (χ1) is 10.6. The first kappa shape index (κ1) is 17.5. The molecule has 2 N–H and O–H groups in total. The number of ether oxygens (including phenoxy) is 1. The Bertz CT molecular complexity index is 494. The largest absolute Gasteiger partial charge is 0.444 e. The Hall–Kier alpha value is -1.86. The number of rotatable bonds is 5. The predicted octanol–water partition coefficient (Wildman–Crippen LogP) is 1.61. The predicted molar refractivity (Wildman–Crippen MR) is 82.5 cm³/mol. The number of hydrogen-bond acceptors (Lipinski definition) is 5. The van der Waals surface area contributed by atoms with E-state index in [1.807, 2.05) is 0 Å². The van der Waals surface area contributed by atoms with Gasteiger partial charge in [-0.25, -0.2) is 4.79 Å². The Labute approximate surface area is 135 Å². The van der Waals surface area contributed by atoms with Crippen LogP contribution < -0.4 is 10.6 Å². The van der Waals surface area contributed by atoms with Crippen molar-refractivity contribution >= 4 is 12.0 Å². The fraction of sp³-hybridized carbons (Fsp3) is 0.867. The van der Waals surface area contributed by atoms with E-state index >= 15 is 0 Å². The van der Waals surface area contributed by atoms with Crippen LogP contribution in [-0.2, 0) is 9.53 Å². The molecule has 23 heavy (non-hydrogen) atoms. The molecular weight excluding hydrogens is 302 g/mol. The quantitative estimate of drug-likeness (QED) is 0.588. The zero-order chi connectivity index (χ0) is 17.3. The van der Waals surface area contributed by atoms with E-state index in [1.54, 1.807) is 20.8 Å². The lowest BCUT2D eigenvalue weighted by molar-refractivity contribution is -0.497. The van der Waals surface area contributed by atoms with Gasteiger partial charge in [0, 0.05) is 17.9 Å². The Morgan fingerprint density at radius 2 is 1.91 bits per heavy atom. The Balaban J connectivity index is 1.88. The first-order valence-electron chi connectivity index (χ1n) is 8.04. The Morgan fingerprint density at radius 1 is 1.30 bits per heavy atom. The number of hydrogen-bond donors (Lipinski definition) is 2. The van der Waals surface area contributed by atoms with Crippen molar-refractivity contribution in [1.29, 1.82) is 0 Å². The van der Waals surface area contributed by atoms with E-state index in [-0.39, 0.29) is 12.5 Å². The van der Waals surface area contributed by atoms with Gasteiger partial charge in [-0.2, -0.15) is 0 Å². The van der Waals surface area contributed by atoms with Crippen molar-refractivity contribution in [1.82, 2.24) is 10.6 Å². The molecule has 8 heteroatoms. The van der Waals surface area contributed by atoms with Gasteiger partial charge in [0.15, 0.2) is 0 Å². The summed E-state index contributed by atoms with van der Waals surface area (Å²) in [6, 6.07) is -0.757. The summed E-state index contributed by atoms with van der Waals surface area (Å²) >= 11 is 0. The van der Waals surface area contributed by atoms with Crippen molar-refractivity contribution in [3.8, 4) is 0 Å². The van der Waals surface area contributed by atoms with Crippen LogP contribution >= 0.6 is 0 Å². The smallest absolute Gasteiger partial charge is 0.407 e. The van der Waals surface area contributed by atoms with Gasteiger partial charge < -0.3 is 15.4 Å². The van der Waals surface area contributed by atoms with Crippen LogP contribution in [0.3, 0.4) is 0 Å². The van der Waals surface area contributed by atoms with E-state index in [4.69, 9.17) is 4.74 Å². The third-order valence-electron chi connectivity index (χ3n) is 4.28. The molecule has 0 radical (unpaired) electrons. The molecule has 130 valence electrons. The highest BCUT2D eigenvalue weighted by Crippen LogP contribution is 2.36. The van der Waals surface area contributed by atoms with Crippen molar-refractivity contribution in [3.05, 3.63) is 10.1 Å². The van der Waals surface area contributed by atoms with Crippen LogP contribution in [0.25, 0.3) is 0 Å². The minimum absolute atomic E-state index is 0.278. The zero-order valence-electron chi connectivity index (χ0n) is 13.9. The first-order valence-corrected chi connectivity index (χ1v) is 8.04. The van der Waals surface area contributed by atoms with Gasteiger partial charge in [-0.3, -0.25) is 14.9 Å². The molecule has 2 rings (SSSR count). The molecule has 0 unspecified atom stereocenters. The van der Waals surface area contributed by atoms with E-state index in [0.717, 1.165) is 25.7 Å². The van der Waals surface area contributed by atoms with Crippen LogP contribution in [0.5, 0.6) is 0 Å². The van der Waals surface area contributed by atoms with Gasteiger partial charge in [0.2, 0.25) is 11.9 Å². The lowest BCUT2D eigenvalue weighted by atomic mass is 9.97. The molecule has 0 aliphatic heterocycles. The molecule has 2 amide bonds.